The molecule has 0 atom stereocenters. The number of imidazole rings is 1. The van der Waals surface area contributed by atoms with Crippen LogP contribution in [0.25, 0.3) is 22.4 Å². The van der Waals surface area contributed by atoms with Crippen LogP contribution in [0.3, 0.4) is 0 Å². The molecular weight excluding hydrogens is 239 g/mol. The van der Waals surface area contributed by atoms with Crippen molar-refractivity contribution in [1.82, 2.24) is 9.97 Å². The minimum absolute atomic E-state index is 0.120. The Bertz CT molecular complexity index is 778. The number of rotatable bonds is 1. The van der Waals surface area contributed by atoms with Crippen molar-refractivity contribution < 1.29 is 13.9 Å². The molecule has 0 aliphatic carbocycles. The smallest absolute Gasteiger partial charge is 0.347 e. The number of nitrogens with zero attached hydrogens (tertiary/aromatic N) is 1. The summed E-state index contributed by atoms with van der Waals surface area (Å²) in [5.74, 6) is -0.989. The van der Waals surface area contributed by atoms with E-state index in [0.29, 0.717) is 11.2 Å². The number of aromatic nitrogens is 2. The fourth-order valence-corrected chi connectivity index (χ4v) is 1.71. The molecule has 0 unspecified atom stereocenters. The molecule has 1 aromatic carbocycles. The molecule has 3 rings (SSSR count). The third kappa shape index (κ3) is 1.55. The Hall–Kier alpha value is -2.63. The molecule has 0 bridgehead atoms. The summed E-state index contributed by atoms with van der Waals surface area (Å²) < 4.78 is 18.2. The molecule has 5 nitrogen and oxygen atoms in total. The largest absolute Gasteiger partial charge is 0.505 e. The van der Waals surface area contributed by atoms with Gasteiger partial charge >= 0.3 is 5.63 Å². The highest BCUT2D eigenvalue weighted by molar-refractivity contribution is 5.81. The summed E-state index contributed by atoms with van der Waals surface area (Å²) in [5.41, 5.74) is -0.282. The van der Waals surface area contributed by atoms with Gasteiger partial charge in [-0.3, -0.25) is 0 Å². The molecule has 18 heavy (non-hydrogen) atoms. The number of H-pyrrole nitrogens is 1. The SMILES string of the molecule is O=c1oc2cc(O)c(F)cc2cc1-c1ncc[nH]1. The van der Waals surface area contributed by atoms with Gasteiger partial charge in [0.25, 0.3) is 0 Å². The van der Waals surface area contributed by atoms with Crippen LogP contribution in [-0.4, -0.2) is 15.1 Å². The van der Waals surface area contributed by atoms with Gasteiger partial charge in [0, 0.05) is 23.8 Å². The summed E-state index contributed by atoms with van der Waals surface area (Å²) in [6, 6.07) is 3.63. The van der Waals surface area contributed by atoms with Crippen molar-refractivity contribution in [2.75, 3.05) is 0 Å². The van der Waals surface area contributed by atoms with E-state index in [1.54, 1.807) is 6.20 Å². The highest BCUT2D eigenvalue weighted by atomic mass is 19.1. The van der Waals surface area contributed by atoms with E-state index in [1.807, 2.05) is 0 Å². The number of phenols is 1. The maximum absolute atomic E-state index is 13.2. The lowest BCUT2D eigenvalue weighted by Gasteiger charge is -2.01. The molecule has 3 aromatic rings. The number of halogens is 1. The van der Waals surface area contributed by atoms with E-state index in [1.165, 1.54) is 12.3 Å². The van der Waals surface area contributed by atoms with Crippen molar-refractivity contribution in [3.63, 3.8) is 0 Å². The molecule has 0 saturated heterocycles. The van der Waals surface area contributed by atoms with Gasteiger partial charge in [0.15, 0.2) is 11.6 Å². The summed E-state index contributed by atoms with van der Waals surface area (Å²) >= 11 is 0. The van der Waals surface area contributed by atoms with Crippen molar-refractivity contribution in [1.29, 1.82) is 0 Å². The van der Waals surface area contributed by atoms with E-state index in [-0.39, 0.29) is 11.1 Å². The highest BCUT2D eigenvalue weighted by Gasteiger charge is 2.12. The molecule has 0 spiro atoms. The second kappa shape index (κ2) is 3.69. The van der Waals surface area contributed by atoms with Crippen LogP contribution in [0.1, 0.15) is 0 Å². The molecule has 90 valence electrons. The van der Waals surface area contributed by atoms with Crippen LogP contribution >= 0.6 is 0 Å². The predicted octanol–water partition coefficient (Wildman–Crippen LogP) is 2.03. The Morgan fingerprint density at radius 1 is 1.33 bits per heavy atom. The molecule has 0 aliphatic rings. The quantitative estimate of drug-likeness (QED) is 0.644. The first-order valence-corrected chi connectivity index (χ1v) is 5.11. The normalized spacial score (nSPS) is 10.9. The summed E-state index contributed by atoms with van der Waals surface area (Å²) in [5, 5.41) is 9.58. The van der Waals surface area contributed by atoms with Crippen molar-refractivity contribution in [2.45, 2.75) is 0 Å². The number of hydrogen-bond acceptors (Lipinski definition) is 4. The highest BCUT2D eigenvalue weighted by Crippen LogP contribution is 2.24. The van der Waals surface area contributed by atoms with Crippen LogP contribution < -0.4 is 5.63 Å². The second-order valence-corrected chi connectivity index (χ2v) is 3.73. The Balaban J connectivity index is 2.33. The van der Waals surface area contributed by atoms with Gasteiger partial charge in [0.2, 0.25) is 0 Å². The average molecular weight is 246 g/mol. The zero-order chi connectivity index (χ0) is 12.7. The number of phenolic OH excluding ortho intramolecular Hbond substituents is 1. The van der Waals surface area contributed by atoms with Crippen LogP contribution in [0.4, 0.5) is 4.39 Å². The van der Waals surface area contributed by atoms with Crippen LogP contribution in [0, 0.1) is 5.82 Å². The molecule has 0 saturated carbocycles. The first-order chi connectivity index (χ1) is 8.65. The van der Waals surface area contributed by atoms with E-state index >= 15 is 0 Å². The zero-order valence-electron chi connectivity index (χ0n) is 8.98. The molecule has 0 aliphatic heterocycles. The fraction of sp³-hybridized carbons (Fsp3) is 0. The lowest BCUT2D eigenvalue weighted by Crippen LogP contribution is -2.03. The van der Waals surface area contributed by atoms with Crippen LogP contribution in [0.15, 0.2) is 39.8 Å². The zero-order valence-corrected chi connectivity index (χ0v) is 8.98. The average Bonchev–Trinajstić information content (AvgIpc) is 2.84. The molecule has 0 fully saturated rings. The van der Waals surface area contributed by atoms with Gasteiger partial charge < -0.3 is 14.5 Å². The predicted molar refractivity (Wildman–Crippen MR) is 61.7 cm³/mol. The van der Waals surface area contributed by atoms with Crippen molar-refractivity contribution in [3.8, 4) is 17.1 Å². The topological polar surface area (TPSA) is 79.1 Å². The minimum Gasteiger partial charge on any atom is -0.505 e. The monoisotopic (exact) mass is 246 g/mol. The van der Waals surface area contributed by atoms with Crippen LogP contribution in [-0.2, 0) is 0 Å². The Morgan fingerprint density at radius 3 is 2.89 bits per heavy atom. The van der Waals surface area contributed by atoms with Gasteiger partial charge in [-0.2, -0.15) is 0 Å². The van der Waals surface area contributed by atoms with E-state index in [4.69, 9.17) is 4.42 Å². The minimum atomic E-state index is -0.776. The maximum Gasteiger partial charge on any atom is 0.347 e. The fourth-order valence-electron chi connectivity index (χ4n) is 1.71. The molecule has 2 N–H and O–H groups in total. The number of nitrogens with one attached hydrogen (secondary N) is 1. The van der Waals surface area contributed by atoms with Gasteiger partial charge in [-0.05, 0) is 12.1 Å². The van der Waals surface area contributed by atoms with Gasteiger partial charge in [0.05, 0.1) is 0 Å². The summed E-state index contributed by atoms with van der Waals surface area (Å²) in [4.78, 5) is 18.4. The summed E-state index contributed by atoms with van der Waals surface area (Å²) in [7, 11) is 0. The number of benzene rings is 1. The standard InChI is InChI=1S/C12H7FN2O3/c13-8-4-6-3-7(11-14-1-2-15-11)12(17)18-10(6)5-9(8)16/h1-5,16H,(H,14,15). The van der Waals surface area contributed by atoms with E-state index in [2.05, 4.69) is 9.97 Å². The number of aromatic amines is 1. The van der Waals surface area contributed by atoms with E-state index < -0.39 is 17.2 Å². The van der Waals surface area contributed by atoms with Crippen molar-refractivity contribution in [2.24, 2.45) is 0 Å². The maximum atomic E-state index is 13.2. The molecule has 6 heteroatoms. The first kappa shape index (κ1) is 10.5. The molecular formula is C12H7FN2O3. The lowest BCUT2D eigenvalue weighted by molar-refractivity contribution is 0.431. The molecule has 2 aromatic heterocycles. The molecule has 0 amide bonds. The van der Waals surface area contributed by atoms with Gasteiger partial charge in [-0.25, -0.2) is 14.2 Å². The van der Waals surface area contributed by atoms with Gasteiger partial charge in [-0.15, -0.1) is 0 Å². The first-order valence-electron chi connectivity index (χ1n) is 5.11. The summed E-state index contributed by atoms with van der Waals surface area (Å²) in [6.07, 6.45) is 3.06. The Kier molecular flexibility index (Phi) is 2.16. The molecule has 2 heterocycles. The third-order valence-electron chi connectivity index (χ3n) is 2.56. The van der Waals surface area contributed by atoms with E-state index in [0.717, 1.165) is 12.1 Å². The molecule has 0 radical (unpaired) electrons. The number of hydrogen-bond donors (Lipinski definition) is 2. The second-order valence-electron chi connectivity index (χ2n) is 3.73. The lowest BCUT2D eigenvalue weighted by atomic mass is 10.1. The third-order valence-corrected chi connectivity index (χ3v) is 2.56. The van der Waals surface area contributed by atoms with Crippen molar-refractivity contribution in [3.05, 3.63) is 46.8 Å². The van der Waals surface area contributed by atoms with Gasteiger partial charge in [-0.1, -0.05) is 0 Å². The van der Waals surface area contributed by atoms with E-state index in [9.17, 15) is 14.3 Å². The van der Waals surface area contributed by atoms with Crippen LogP contribution in [0.2, 0.25) is 0 Å². The van der Waals surface area contributed by atoms with Crippen molar-refractivity contribution >= 4 is 11.0 Å². The Labute approximate surface area is 99.5 Å². The van der Waals surface area contributed by atoms with Gasteiger partial charge in [0.1, 0.15) is 17.0 Å². The number of aromatic hydroxyl groups is 1. The summed E-state index contributed by atoms with van der Waals surface area (Å²) in [6.45, 7) is 0. The Morgan fingerprint density at radius 2 is 2.17 bits per heavy atom. The number of fused-ring (bicyclic) bond motifs is 1. The van der Waals surface area contributed by atoms with Crippen LogP contribution in [0.5, 0.6) is 5.75 Å².